The highest BCUT2D eigenvalue weighted by Crippen LogP contribution is 2.07. The van der Waals surface area contributed by atoms with Gasteiger partial charge in [0.1, 0.15) is 6.04 Å². The van der Waals surface area contributed by atoms with Crippen LogP contribution in [0.1, 0.15) is 70.6 Å². The molecule has 6 heteroatoms. The lowest BCUT2D eigenvalue weighted by atomic mass is 10.1. The number of allylic oxidation sites excluding steroid dienone is 2. The monoisotopic (exact) mass is 343 g/mol. The maximum Gasteiger partial charge on any atom is 0.326 e. The molecule has 0 aliphatic rings. The molecule has 0 fully saturated rings. The van der Waals surface area contributed by atoms with E-state index < -0.39 is 12.0 Å². The first-order valence-electron chi connectivity index (χ1n) is 9.00. The van der Waals surface area contributed by atoms with E-state index in [1.165, 1.54) is 0 Å². The van der Waals surface area contributed by atoms with E-state index in [2.05, 4.69) is 17.5 Å². The number of hydrogen-bond acceptors (Lipinski definition) is 4. The fourth-order valence-corrected chi connectivity index (χ4v) is 2.34. The summed E-state index contributed by atoms with van der Waals surface area (Å²) in [6, 6.07) is -0.997. The van der Waals surface area contributed by atoms with E-state index in [0.29, 0.717) is 6.42 Å². The maximum atomic E-state index is 11.6. The Morgan fingerprint density at radius 1 is 0.833 bits per heavy atom. The highest BCUT2D eigenvalue weighted by atomic mass is 16.4. The lowest BCUT2D eigenvalue weighted by Gasteiger charge is -2.12. The number of carbonyl (C=O) groups is 2. The van der Waals surface area contributed by atoms with Crippen LogP contribution in [0.3, 0.4) is 0 Å². The second kappa shape index (κ2) is 16.5. The predicted octanol–water partition coefficient (Wildman–Crippen LogP) is 2.39. The van der Waals surface area contributed by atoms with Gasteiger partial charge < -0.3 is 20.6 Å². The summed E-state index contributed by atoms with van der Waals surface area (Å²) in [5.41, 5.74) is 0. The average molecular weight is 343 g/mol. The highest BCUT2D eigenvalue weighted by Gasteiger charge is 2.18. The van der Waals surface area contributed by atoms with Gasteiger partial charge >= 0.3 is 5.97 Å². The third-order valence-electron chi connectivity index (χ3n) is 3.77. The van der Waals surface area contributed by atoms with Crippen LogP contribution in [0.5, 0.6) is 0 Å². The number of unbranched alkanes of at least 4 members (excludes halogenated alkanes) is 7. The number of nitrogens with one attached hydrogen (secondary N) is 1. The van der Waals surface area contributed by atoms with Crippen molar-refractivity contribution in [3.05, 3.63) is 12.2 Å². The predicted molar refractivity (Wildman–Crippen MR) is 93.7 cm³/mol. The summed E-state index contributed by atoms with van der Waals surface area (Å²) in [6.07, 6.45) is 13.8. The van der Waals surface area contributed by atoms with Crippen molar-refractivity contribution in [3.63, 3.8) is 0 Å². The topological polar surface area (TPSA) is 107 Å². The molecule has 140 valence electrons. The molecule has 1 atom stereocenters. The van der Waals surface area contributed by atoms with Gasteiger partial charge in [-0.15, -0.1) is 0 Å². The van der Waals surface area contributed by atoms with Crippen LogP contribution in [0.15, 0.2) is 12.2 Å². The number of hydrogen-bond donors (Lipinski definition) is 4. The Kier molecular flexibility index (Phi) is 15.5. The van der Waals surface area contributed by atoms with E-state index in [1.54, 1.807) is 0 Å². The first kappa shape index (κ1) is 22.6. The van der Waals surface area contributed by atoms with Crippen molar-refractivity contribution >= 4 is 11.9 Å². The molecule has 1 amide bonds. The van der Waals surface area contributed by atoms with E-state index >= 15 is 0 Å². The van der Waals surface area contributed by atoms with Gasteiger partial charge in [-0.1, -0.05) is 31.4 Å². The third-order valence-corrected chi connectivity index (χ3v) is 3.77. The highest BCUT2D eigenvalue weighted by molar-refractivity contribution is 5.83. The Balaban J connectivity index is 3.51. The molecule has 4 N–H and O–H groups in total. The number of aliphatic carboxylic acids is 1. The fourth-order valence-electron chi connectivity index (χ4n) is 2.34. The number of carbonyl (C=O) groups excluding carboxylic acids is 1. The Bertz CT molecular complexity index is 357. The van der Waals surface area contributed by atoms with Gasteiger partial charge in [-0.3, -0.25) is 4.79 Å². The van der Waals surface area contributed by atoms with E-state index in [9.17, 15) is 9.59 Å². The SMILES string of the molecule is O=C(CCCCCC=CCCCCCCO)N[C@@H](CCO)C(=O)O. The van der Waals surface area contributed by atoms with Crippen molar-refractivity contribution in [1.29, 1.82) is 0 Å². The zero-order chi connectivity index (χ0) is 18.0. The number of rotatable bonds is 16. The number of aliphatic hydroxyl groups is 2. The van der Waals surface area contributed by atoms with Crippen molar-refractivity contribution in [3.8, 4) is 0 Å². The molecule has 0 aliphatic carbocycles. The lowest BCUT2D eigenvalue weighted by Crippen LogP contribution is -2.41. The smallest absolute Gasteiger partial charge is 0.326 e. The molecule has 0 unspecified atom stereocenters. The summed E-state index contributed by atoms with van der Waals surface area (Å²) in [5, 5.41) is 28.7. The van der Waals surface area contributed by atoms with Crippen LogP contribution in [0.4, 0.5) is 0 Å². The second-order valence-electron chi connectivity index (χ2n) is 5.97. The molecule has 0 heterocycles. The molecule has 0 saturated heterocycles. The molecular weight excluding hydrogens is 310 g/mol. The standard InChI is InChI=1S/C18H33NO5/c20-14-11-9-7-5-3-1-2-4-6-8-10-12-17(22)19-16(13-15-21)18(23)24/h1-2,16,20-21H,3-15H2,(H,19,22)(H,23,24)/t16-/m0/s1. The molecule has 0 aliphatic heterocycles. The van der Waals surface area contributed by atoms with Crippen LogP contribution in [0.25, 0.3) is 0 Å². The van der Waals surface area contributed by atoms with E-state index in [-0.39, 0.29) is 25.5 Å². The van der Waals surface area contributed by atoms with Crippen molar-refractivity contribution in [2.75, 3.05) is 13.2 Å². The van der Waals surface area contributed by atoms with Gasteiger partial charge in [0, 0.05) is 26.1 Å². The van der Waals surface area contributed by atoms with E-state index in [0.717, 1.165) is 57.8 Å². The van der Waals surface area contributed by atoms with Crippen molar-refractivity contribution in [2.24, 2.45) is 0 Å². The normalized spacial score (nSPS) is 12.4. The van der Waals surface area contributed by atoms with Gasteiger partial charge in [-0.2, -0.15) is 0 Å². The van der Waals surface area contributed by atoms with Gasteiger partial charge in [0.2, 0.25) is 5.91 Å². The van der Waals surface area contributed by atoms with Gasteiger partial charge in [-0.05, 0) is 38.5 Å². The zero-order valence-corrected chi connectivity index (χ0v) is 14.6. The summed E-state index contributed by atoms with van der Waals surface area (Å²) in [5.74, 6) is -1.38. The molecule has 0 saturated carbocycles. The Morgan fingerprint density at radius 2 is 1.42 bits per heavy atom. The maximum absolute atomic E-state index is 11.6. The van der Waals surface area contributed by atoms with E-state index in [1.807, 2.05) is 0 Å². The molecule has 0 bridgehead atoms. The Labute approximate surface area is 145 Å². The third kappa shape index (κ3) is 14.2. The van der Waals surface area contributed by atoms with Crippen molar-refractivity contribution in [2.45, 2.75) is 76.7 Å². The van der Waals surface area contributed by atoms with Crippen LogP contribution < -0.4 is 5.32 Å². The van der Waals surface area contributed by atoms with E-state index in [4.69, 9.17) is 15.3 Å². The Hall–Kier alpha value is -1.40. The van der Waals surface area contributed by atoms with Crippen LogP contribution in [0.2, 0.25) is 0 Å². The first-order valence-corrected chi connectivity index (χ1v) is 9.00. The number of carboxylic acids is 1. The first-order chi connectivity index (χ1) is 11.6. The van der Waals surface area contributed by atoms with Gasteiger partial charge in [0.25, 0.3) is 0 Å². The average Bonchev–Trinajstić information content (AvgIpc) is 2.55. The Morgan fingerprint density at radius 3 is 1.96 bits per heavy atom. The molecule has 0 radical (unpaired) electrons. The minimum Gasteiger partial charge on any atom is -0.480 e. The van der Waals surface area contributed by atoms with Gasteiger partial charge in [-0.25, -0.2) is 4.79 Å². The minimum absolute atomic E-state index is 0.0336. The molecule has 0 spiro atoms. The van der Waals surface area contributed by atoms with Gasteiger partial charge in [0.05, 0.1) is 0 Å². The largest absolute Gasteiger partial charge is 0.480 e. The summed E-state index contributed by atoms with van der Waals surface area (Å²) in [6.45, 7) is 0.0251. The van der Waals surface area contributed by atoms with Crippen LogP contribution in [0, 0.1) is 0 Å². The molecule has 6 nitrogen and oxygen atoms in total. The zero-order valence-electron chi connectivity index (χ0n) is 14.6. The molecular formula is C18H33NO5. The molecule has 0 rings (SSSR count). The van der Waals surface area contributed by atoms with Crippen molar-refractivity contribution in [1.82, 2.24) is 5.32 Å². The quantitative estimate of drug-likeness (QED) is 0.254. The van der Waals surface area contributed by atoms with Crippen molar-refractivity contribution < 1.29 is 24.9 Å². The second-order valence-corrected chi connectivity index (χ2v) is 5.97. The molecule has 0 aromatic heterocycles. The number of aliphatic hydroxyl groups excluding tert-OH is 2. The minimum atomic E-state index is -1.11. The summed E-state index contributed by atoms with van der Waals surface area (Å²) < 4.78 is 0. The summed E-state index contributed by atoms with van der Waals surface area (Å²) >= 11 is 0. The van der Waals surface area contributed by atoms with Gasteiger partial charge in [0.15, 0.2) is 0 Å². The molecule has 0 aromatic carbocycles. The van der Waals surface area contributed by atoms with Crippen LogP contribution >= 0.6 is 0 Å². The molecule has 24 heavy (non-hydrogen) atoms. The van der Waals surface area contributed by atoms with Crippen LogP contribution in [-0.2, 0) is 9.59 Å². The molecule has 0 aromatic rings. The van der Waals surface area contributed by atoms with Crippen LogP contribution in [-0.4, -0.2) is 46.5 Å². The number of amides is 1. The fraction of sp³-hybridized carbons (Fsp3) is 0.778. The summed E-state index contributed by atoms with van der Waals surface area (Å²) in [4.78, 5) is 22.5. The lowest BCUT2D eigenvalue weighted by molar-refractivity contribution is -0.142. The summed E-state index contributed by atoms with van der Waals surface area (Å²) in [7, 11) is 0. The number of carboxylic acid groups (broad SMARTS) is 1.